The van der Waals surface area contributed by atoms with Gasteiger partial charge in [-0.25, -0.2) is 13.2 Å². The first-order valence-corrected chi connectivity index (χ1v) is 9.14. The quantitative estimate of drug-likeness (QED) is 0.816. The highest BCUT2D eigenvalue weighted by atomic mass is 32.2. The molecule has 114 valence electrons. The standard InChI is InChI=1S/C13H16N2O4S2/c1-19-13(16)10(7-8-20-2)14-12-9-5-3-4-6-11(9)21(17,18)15-12/h3-6,10H,7-8H2,1-2H3,(H,14,15)/t10-/m0/s1. The van der Waals surface area contributed by atoms with E-state index < -0.39 is 22.0 Å². The Kier molecular flexibility index (Phi) is 4.89. The van der Waals surface area contributed by atoms with Gasteiger partial charge in [0.1, 0.15) is 5.84 Å². The number of sulfonamides is 1. The van der Waals surface area contributed by atoms with Gasteiger partial charge in [-0.2, -0.15) is 11.8 Å². The van der Waals surface area contributed by atoms with Gasteiger partial charge in [-0.1, -0.05) is 12.1 Å². The van der Waals surface area contributed by atoms with Crippen molar-refractivity contribution in [3.05, 3.63) is 29.8 Å². The number of hydrogen-bond acceptors (Lipinski definition) is 6. The monoisotopic (exact) mass is 328 g/mol. The van der Waals surface area contributed by atoms with E-state index in [1.165, 1.54) is 13.2 Å². The number of amidine groups is 1. The molecule has 0 spiro atoms. The average Bonchev–Trinajstić information content (AvgIpc) is 2.74. The number of methoxy groups -OCH3 is 1. The van der Waals surface area contributed by atoms with Crippen LogP contribution in [0.5, 0.6) is 0 Å². The molecule has 0 bridgehead atoms. The highest BCUT2D eigenvalue weighted by Crippen LogP contribution is 2.23. The van der Waals surface area contributed by atoms with Crippen LogP contribution >= 0.6 is 11.8 Å². The molecule has 21 heavy (non-hydrogen) atoms. The summed E-state index contributed by atoms with van der Waals surface area (Å²) in [5, 5.41) is 0. The van der Waals surface area contributed by atoms with Gasteiger partial charge in [0, 0.05) is 5.56 Å². The van der Waals surface area contributed by atoms with Gasteiger partial charge >= 0.3 is 5.97 Å². The topological polar surface area (TPSA) is 84.8 Å². The maximum atomic E-state index is 12.0. The molecule has 0 amide bonds. The van der Waals surface area contributed by atoms with E-state index in [1.54, 1.807) is 30.0 Å². The molecule has 1 heterocycles. The third-order valence-corrected chi connectivity index (χ3v) is 5.06. The summed E-state index contributed by atoms with van der Waals surface area (Å²) in [6.07, 6.45) is 2.41. The molecular formula is C13H16N2O4S2. The number of carbonyl (C=O) groups is 1. The van der Waals surface area contributed by atoms with Crippen molar-refractivity contribution in [2.45, 2.75) is 17.4 Å². The number of ether oxygens (including phenoxy) is 1. The van der Waals surface area contributed by atoms with Gasteiger partial charge in [-0.15, -0.1) is 0 Å². The van der Waals surface area contributed by atoms with E-state index in [0.29, 0.717) is 12.0 Å². The third-order valence-electron chi connectivity index (χ3n) is 3.02. The number of nitrogens with zero attached hydrogens (tertiary/aromatic N) is 1. The number of rotatable bonds is 5. The predicted molar refractivity (Wildman–Crippen MR) is 82.1 cm³/mol. The Morgan fingerprint density at radius 1 is 1.43 bits per heavy atom. The van der Waals surface area contributed by atoms with Crippen molar-refractivity contribution in [1.29, 1.82) is 0 Å². The summed E-state index contributed by atoms with van der Waals surface area (Å²) in [5.74, 6) is 0.451. The van der Waals surface area contributed by atoms with Crippen LogP contribution in [0, 0.1) is 0 Å². The highest BCUT2D eigenvalue weighted by Gasteiger charge is 2.31. The fourth-order valence-corrected chi connectivity index (χ4v) is 3.68. The van der Waals surface area contributed by atoms with Gasteiger partial charge in [0.25, 0.3) is 10.0 Å². The first kappa shape index (κ1) is 15.8. The van der Waals surface area contributed by atoms with Crippen molar-refractivity contribution in [3.63, 3.8) is 0 Å². The number of benzene rings is 1. The Morgan fingerprint density at radius 2 is 2.14 bits per heavy atom. The molecule has 0 aromatic heterocycles. The van der Waals surface area contributed by atoms with Crippen LogP contribution in [0.4, 0.5) is 0 Å². The van der Waals surface area contributed by atoms with Crippen molar-refractivity contribution in [2.24, 2.45) is 4.99 Å². The van der Waals surface area contributed by atoms with E-state index in [2.05, 4.69) is 9.71 Å². The second kappa shape index (κ2) is 6.48. The molecular weight excluding hydrogens is 312 g/mol. The van der Waals surface area contributed by atoms with E-state index in [1.807, 2.05) is 6.26 Å². The number of aliphatic imine (C=N–C) groups is 1. The molecule has 1 atom stereocenters. The van der Waals surface area contributed by atoms with Crippen molar-refractivity contribution >= 4 is 33.6 Å². The minimum atomic E-state index is -3.59. The van der Waals surface area contributed by atoms with Gasteiger partial charge in [-0.3, -0.25) is 9.71 Å². The Morgan fingerprint density at radius 3 is 2.81 bits per heavy atom. The minimum Gasteiger partial charge on any atom is -0.467 e. The van der Waals surface area contributed by atoms with Gasteiger partial charge in [0.05, 0.1) is 12.0 Å². The molecule has 0 aliphatic carbocycles. The third kappa shape index (κ3) is 3.38. The lowest BCUT2D eigenvalue weighted by molar-refractivity contribution is -0.142. The van der Waals surface area contributed by atoms with Crippen molar-refractivity contribution in [2.75, 3.05) is 19.1 Å². The van der Waals surface area contributed by atoms with Crippen molar-refractivity contribution < 1.29 is 17.9 Å². The van der Waals surface area contributed by atoms with Gasteiger partial charge in [-0.05, 0) is 30.6 Å². The number of nitrogens with one attached hydrogen (secondary N) is 1. The van der Waals surface area contributed by atoms with Gasteiger partial charge in [0.2, 0.25) is 0 Å². The molecule has 6 nitrogen and oxygen atoms in total. The summed E-state index contributed by atoms with van der Waals surface area (Å²) in [6, 6.07) is 5.83. The molecule has 8 heteroatoms. The Hall–Kier alpha value is -1.54. The second-order valence-electron chi connectivity index (χ2n) is 4.40. The van der Waals surface area contributed by atoms with Crippen LogP contribution in [0.15, 0.2) is 34.2 Å². The van der Waals surface area contributed by atoms with Crippen LogP contribution in [-0.2, 0) is 19.6 Å². The first-order chi connectivity index (χ1) is 9.99. The van der Waals surface area contributed by atoms with Crippen LogP contribution in [0.3, 0.4) is 0 Å². The molecule has 1 N–H and O–H groups in total. The maximum absolute atomic E-state index is 12.0. The van der Waals surface area contributed by atoms with Crippen LogP contribution < -0.4 is 4.72 Å². The molecule has 1 aromatic carbocycles. The Balaban J connectivity index is 2.38. The highest BCUT2D eigenvalue weighted by molar-refractivity contribution is 7.98. The first-order valence-electron chi connectivity index (χ1n) is 6.26. The number of esters is 1. The summed E-state index contributed by atoms with van der Waals surface area (Å²) in [6.45, 7) is 0. The molecule has 0 radical (unpaired) electrons. The largest absolute Gasteiger partial charge is 0.467 e. The fourth-order valence-electron chi connectivity index (χ4n) is 1.99. The molecule has 1 aromatic rings. The fraction of sp³-hybridized carbons (Fsp3) is 0.385. The molecule has 0 saturated heterocycles. The predicted octanol–water partition coefficient (Wildman–Crippen LogP) is 1.02. The average molecular weight is 328 g/mol. The lowest BCUT2D eigenvalue weighted by atomic mass is 10.2. The van der Waals surface area contributed by atoms with E-state index in [4.69, 9.17) is 4.74 Å². The summed E-state index contributed by atoms with van der Waals surface area (Å²) in [7, 11) is -2.30. The molecule has 1 aliphatic heterocycles. The number of fused-ring (bicyclic) bond motifs is 1. The van der Waals surface area contributed by atoms with E-state index in [-0.39, 0.29) is 10.7 Å². The lowest BCUT2D eigenvalue weighted by Gasteiger charge is -2.10. The zero-order valence-corrected chi connectivity index (χ0v) is 13.3. The molecule has 0 fully saturated rings. The van der Waals surface area contributed by atoms with Crippen LogP contribution in [-0.4, -0.2) is 45.4 Å². The SMILES string of the molecule is COC(=O)[C@H](CCSC)N=C1NS(=O)(=O)c2ccccc21. The summed E-state index contributed by atoms with van der Waals surface area (Å²) in [4.78, 5) is 16.2. The number of thioether (sulfide) groups is 1. The van der Waals surface area contributed by atoms with Gasteiger partial charge in [0.15, 0.2) is 6.04 Å². The zero-order valence-electron chi connectivity index (χ0n) is 11.7. The molecule has 0 unspecified atom stereocenters. The van der Waals surface area contributed by atoms with E-state index in [0.717, 1.165) is 5.75 Å². The van der Waals surface area contributed by atoms with Crippen LogP contribution in [0.25, 0.3) is 0 Å². The zero-order chi connectivity index (χ0) is 15.5. The Bertz CT molecular complexity index is 671. The number of carbonyl (C=O) groups excluding carboxylic acids is 1. The summed E-state index contributed by atoms with van der Waals surface area (Å²) < 4.78 is 31.1. The summed E-state index contributed by atoms with van der Waals surface area (Å²) >= 11 is 1.59. The van der Waals surface area contributed by atoms with E-state index in [9.17, 15) is 13.2 Å². The Labute approximate surface area is 128 Å². The van der Waals surface area contributed by atoms with Gasteiger partial charge < -0.3 is 4.74 Å². The van der Waals surface area contributed by atoms with Crippen molar-refractivity contribution in [3.8, 4) is 0 Å². The molecule has 1 aliphatic rings. The molecule has 2 rings (SSSR count). The van der Waals surface area contributed by atoms with Crippen molar-refractivity contribution in [1.82, 2.24) is 4.72 Å². The second-order valence-corrected chi connectivity index (χ2v) is 7.04. The normalized spacial score (nSPS) is 18.9. The van der Waals surface area contributed by atoms with Crippen LogP contribution in [0.1, 0.15) is 12.0 Å². The smallest absolute Gasteiger partial charge is 0.330 e. The van der Waals surface area contributed by atoms with E-state index >= 15 is 0 Å². The summed E-state index contributed by atoms with van der Waals surface area (Å²) in [5.41, 5.74) is 0.482. The number of hydrogen-bond donors (Lipinski definition) is 1. The van der Waals surface area contributed by atoms with Crippen LogP contribution in [0.2, 0.25) is 0 Å². The molecule has 0 saturated carbocycles. The minimum absolute atomic E-state index is 0.178. The maximum Gasteiger partial charge on any atom is 0.330 e. The lowest BCUT2D eigenvalue weighted by Crippen LogP contribution is -2.28.